The molecule has 10 heteroatoms. The lowest BCUT2D eigenvalue weighted by Gasteiger charge is -2.28. The number of ether oxygens (including phenoxy) is 3. The first-order valence-electron chi connectivity index (χ1n) is 11.6. The van der Waals surface area contributed by atoms with Crippen molar-refractivity contribution in [2.45, 2.75) is 24.7 Å². The summed E-state index contributed by atoms with van der Waals surface area (Å²) in [4.78, 5) is 19.6. The van der Waals surface area contributed by atoms with Crippen LogP contribution in [0.4, 0.5) is 13.2 Å². The molecule has 5 rings (SSSR count). The fraction of sp³-hybridized carbons (Fsp3) is 0.259. The Morgan fingerprint density at radius 3 is 2.57 bits per heavy atom. The summed E-state index contributed by atoms with van der Waals surface area (Å²) < 4.78 is 54.7. The van der Waals surface area contributed by atoms with E-state index in [9.17, 15) is 18.0 Å². The zero-order chi connectivity index (χ0) is 26.4. The number of aryl methyl sites for hydroxylation is 1. The zero-order valence-corrected chi connectivity index (χ0v) is 20.1. The van der Waals surface area contributed by atoms with E-state index in [2.05, 4.69) is 9.73 Å². The number of carbonyl (C=O) groups is 1. The van der Waals surface area contributed by atoms with Gasteiger partial charge in [-0.1, -0.05) is 24.3 Å². The highest BCUT2D eigenvalue weighted by atomic mass is 19.4. The summed E-state index contributed by atoms with van der Waals surface area (Å²) in [5.74, 6) is 0.352. The minimum Gasteiger partial charge on any atom is -0.497 e. The Bertz CT molecular complexity index is 1410. The number of nitrogens with zero attached hydrogens (tertiary/aromatic N) is 2. The number of fused-ring (bicyclic) bond motifs is 1. The Labute approximate surface area is 211 Å². The van der Waals surface area contributed by atoms with E-state index in [0.29, 0.717) is 29.0 Å². The standard InChI is InChI=1S/C27H24F3N3O4/c1-33-24(34)26(32-25(33)31,19-8-10-22-17(14-19)6-4-12-36-22)18-7-3-5-16(13-18)21-15-20(35-2)9-11-23(21)37-27(28,29)30/h3,5,7-11,13-15H,4,6,12H2,1-2H3,(H2,31,32). The maximum atomic E-state index is 13.7. The van der Waals surface area contributed by atoms with Crippen LogP contribution in [0.2, 0.25) is 0 Å². The van der Waals surface area contributed by atoms with Crippen LogP contribution in [0, 0.1) is 0 Å². The second-order valence-corrected chi connectivity index (χ2v) is 8.81. The van der Waals surface area contributed by atoms with E-state index in [1.807, 2.05) is 12.1 Å². The molecule has 1 atom stereocenters. The molecule has 192 valence electrons. The summed E-state index contributed by atoms with van der Waals surface area (Å²) in [6.45, 7) is 0.620. The highest BCUT2D eigenvalue weighted by molar-refractivity contribution is 6.09. The number of alkyl halides is 3. The predicted octanol–water partition coefficient (Wildman–Crippen LogP) is 4.62. The number of nitrogens with two attached hydrogens (primary N) is 1. The van der Waals surface area contributed by atoms with Gasteiger partial charge in [-0.2, -0.15) is 0 Å². The van der Waals surface area contributed by atoms with Crippen LogP contribution in [0.5, 0.6) is 17.2 Å². The lowest BCUT2D eigenvalue weighted by Crippen LogP contribution is -2.41. The van der Waals surface area contributed by atoms with Gasteiger partial charge in [0.05, 0.1) is 13.7 Å². The van der Waals surface area contributed by atoms with Crippen molar-refractivity contribution in [3.05, 3.63) is 77.4 Å². The number of amides is 1. The number of hydrogen-bond acceptors (Lipinski definition) is 6. The molecule has 0 bridgehead atoms. The van der Waals surface area contributed by atoms with E-state index >= 15 is 0 Å². The summed E-state index contributed by atoms with van der Waals surface area (Å²) >= 11 is 0. The molecule has 0 aliphatic carbocycles. The molecule has 0 radical (unpaired) electrons. The normalized spacial score (nSPS) is 19.2. The van der Waals surface area contributed by atoms with Crippen LogP contribution in [0.25, 0.3) is 11.1 Å². The van der Waals surface area contributed by atoms with Crippen LogP contribution in [-0.2, 0) is 16.8 Å². The van der Waals surface area contributed by atoms with E-state index in [-0.39, 0.29) is 17.4 Å². The fourth-order valence-corrected chi connectivity index (χ4v) is 4.76. The van der Waals surface area contributed by atoms with Crippen LogP contribution >= 0.6 is 0 Å². The van der Waals surface area contributed by atoms with Gasteiger partial charge >= 0.3 is 6.36 Å². The number of methoxy groups -OCH3 is 1. The van der Waals surface area contributed by atoms with E-state index in [1.54, 1.807) is 30.3 Å². The second-order valence-electron chi connectivity index (χ2n) is 8.81. The van der Waals surface area contributed by atoms with E-state index < -0.39 is 17.7 Å². The van der Waals surface area contributed by atoms with Gasteiger partial charge < -0.3 is 19.9 Å². The third-order valence-electron chi connectivity index (χ3n) is 6.57. The number of hydrogen-bond donors (Lipinski definition) is 1. The second kappa shape index (κ2) is 9.02. The van der Waals surface area contributed by atoms with Crippen molar-refractivity contribution in [1.82, 2.24) is 4.90 Å². The lowest BCUT2D eigenvalue weighted by atomic mass is 9.80. The fourth-order valence-electron chi connectivity index (χ4n) is 4.76. The number of rotatable bonds is 5. The quantitative estimate of drug-likeness (QED) is 0.541. The average molecular weight is 512 g/mol. The van der Waals surface area contributed by atoms with Crippen molar-refractivity contribution < 1.29 is 32.2 Å². The predicted molar refractivity (Wildman–Crippen MR) is 131 cm³/mol. The van der Waals surface area contributed by atoms with Gasteiger partial charge in [0.15, 0.2) is 11.5 Å². The molecule has 2 aliphatic rings. The topological polar surface area (TPSA) is 86.4 Å². The van der Waals surface area contributed by atoms with Gasteiger partial charge in [-0.25, -0.2) is 4.99 Å². The van der Waals surface area contributed by atoms with Gasteiger partial charge in [0.25, 0.3) is 5.91 Å². The number of carbonyl (C=O) groups excluding carboxylic acids is 1. The number of aliphatic imine (C=N–C) groups is 1. The molecule has 0 fully saturated rings. The lowest BCUT2D eigenvalue weighted by molar-refractivity contribution is -0.274. The third kappa shape index (κ3) is 4.32. The Hall–Kier alpha value is -4.21. The summed E-state index contributed by atoms with van der Waals surface area (Å²) in [6.07, 6.45) is -3.27. The molecule has 2 aliphatic heterocycles. The molecule has 0 saturated heterocycles. The van der Waals surface area contributed by atoms with Crippen LogP contribution in [0.15, 0.2) is 65.7 Å². The van der Waals surface area contributed by atoms with E-state index in [1.165, 1.54) is 37.3 Å². The molecule has 2 heterocycles. The Balaban J connectivity index is 1.69. The first-order valence-corrected chi connectivity index (χ1v) is 11.6. The monoisotopic (exact) mass is 511 g/mol. The third-order valence-corrected chi connectivity index (χ3v) is 6.57. The number of halogens is 3. The summed E-state index contributed by atoms with van der Waals surface area (Å²) in [5.41, 5.74) is 7.09. The van der Waals surface area contributed by atoms with Gasteiger partial charge in [0.1, 0.15) is 17.2 Å². The Kier molecular flexibility index (Phi) is 5.97. The molecule has 0 aromatic heterocycles. The van der Waals surface area contributed by atoms with Crippen LogP contribution in [0.1, 0.15) is 23.1 Å². The van der Waals surface area contributed by atoms with Gasteiger partial charge in [0.2, 0.25) is 0 Å². The van der Waals surface area contributed by atoms with Crippen LogP contribution in [-0.4, -0.2) is 43.9 Å². The zero-order valence-electron chi connectivity index (χ0n) is 20.1. The molecule has 7 nitrogen and oxygen atoms in total. The maximum absolute atomic E-state index is 13.7. The minimum absolute atomic E-state index is 0.0341. The molecule has 1 amide bonds. The van der Waals surface area contributed by atoms with Crippen molar-refractivity contribution in [3.8, 4) is 28.4 Å². The molecule has 0 spiro atoms. The van der Waals surface area contributed by atoms with Crippen molar-refractivity contribution in [1.29, 1.82) is 0 Å². The van der Waals surface area contributed by atoms with Crippen LogP contribution in [0.3, 0.4) is 0 Å². The van der Waals surface area contributed by atoms with Crippen molar-refractivity contribution in [2.24, 2.45) is 10.7 Å². The van der Waals surface area contributed by atoms with Gasteiger partial charge in [-0.15, -0.1) is 13.2 Å². The summed E-state index contributed by atoms with van der Waals surface area (Å²) in [5, 5.41) is 0. The van der Waals surface area contributed by atoms with Gasteiger partial charge in [-0.3, -0.25) is 9.69 Å². The minimum atomic E-state index is -4.89. The number of guanidine groups is 1. The smallest absolute Gasteiger partial charge is 0.497 e. The largest absolute Gasteiger partial charge is 0.573 e. The highest BCUT2D eigenvalue weighted by Gasteiger charge is 2.50. The summed E-state index contributed by atoms with van der Waals surface area (Å²) in [7, 11) is 2.95. The molecule has 37 heavy (non-hydrogen) atoms. The Morgan fingerprint density at radius 2 is 1.86 bits per heavy atom. The molecule has 3 aromatic carbocycles. The van der Waals surface area contributed by atoms with Crippen molar-refractivity contribution in [3.63, 3.8) is 0 Å². The molecule has 1 unspecified atom stereocenters. The number of likely N-dealkylation sites (N-methyl/N-ethyl adjacent to an activating group) is 1. The Morgan fingerprint density at radius 1 is 1.08 bits per heavy atom. The van der Waals surface area contributed by atoms with Gasteiger partial charge in [-0.05, 0) is 71.5 Å². The van der Waals surface area contributed by atoms with E-state index in [4.69, 9.17) is 15.2 Å². The molecular formula is C27H24F3N3O4. The SMILES string of the molecule is COc1ccc(OC(F)(F)F)c(-c2cccc(C3(c4ccc5c(c4)CCCO5)N=C(N)N(C)C3=O)c2)c1. The summed E-state index contributed by atoms with van der Waals surface area (Å²) in [6, 6.07) is 16.1. The molecule has 2 N–H and O–H groups in total. The first kappa shape index (κ1) is 24.5. The molecule has 0 saturated carbocycles. The van der Waals surface area contributed by atoms with Gasteiger partial charge in [0, 0.05) is 12.6 Å². The molecule has 3 aromatic rings. The van der Waals surface area contributed by atoms with E-state index in [0.717, 1.165) is 24.2 Å². The van der Waals surface area contributed by atoms with Crippen molar-refractivity contribution in [2.75, 3.05) is 20.8 Å². The van der Waals surface area contributed by atoms with Crippen LogP contribution < -0.4 is 19.9 Å². The first-order chi connectivity index (χ1) is 17.6. The number of benzene rings is 3. The maximum Gasteiger partial charge on any atom is 0.573 e. The average Bonchev–Trinajstić information content (AvgIpc) is 3.12. The molecular weight excluding hydrogens is 487 g/mol. The highest BCUT2D eigenvalue weighted by Crippen LogP contribution is 2.44. The van der Waals surface area contributed by atoms with Crippen molar-refractivity contribution >= 4 is 11.9 Å².